The molecule has 1 aromatic heterocycles. The Morgan fingerprint density at radius 2 is 2.55 bits per heavy atom. The summed E-state index contributed by atoms with van der Waals surface area (Å²) in [6.45, 7) is 1.69. The molecule has 0 unspecified atom stereocenters. The van der Waals surface area contributed by atoms with Crippen LogP contribution < -0.4 is 0 Å². The van der Waals surface area contributed by atoms with E-state index in [9.17, 15) is 10.1 Å². The van der Waals surface area contributed by atoms with Gasteiger partial charge in [-0.05, 0) is 19.1 Å². The predicted octanol–water partition coefficient (Wildman–Crippen LogP) is 1.66. The van der Waals surface area contributed by atoms with Gasteiger partial charge in [0.1, 0.15) is 5.76 Å². The first-order valence-electron chi connectivity index (χ1n) is 3.35. The van der Waals surface area contributed by atoms with Gasteiger partial charge in [-0.2, -0.15) is 0 Å². The highest BCUT2D eigenvalue weighted by Gasteiger charge is 2.13. The van der Waals surface area contributed by atoms with E-state index in [4.69, 9.17) is 4.42 Å². The van der Waals surface area contributed by atoms with Crippen molar-refractivity contribution in [2.24, 2.45) is 0 Å². The molecule has 0 aromatic carbocycles. The van der Waals surface area contributed by atoms with Crippen LogP contribution >= 0.6 is 0 Å². The van der Waals surface area contributed by atoms with Crippen LogP contribution in [0.25, 0.3) is 0 Å². The molecule has 0 N–H and O–H groups in total. The molecule has 1 atom stereocenters. The van der Waals surface area contributed by atoms with Gasteiger partial charge in [0.2, 0.25) is 6.54 Å². The van der Waals surface area contributed by atoms with E-state index in [-0.39, 0.29) is 17.4 Å². The molecule has 0 bridgehead atoms. The molecule has 1 heterocycles. The number of nitro groups is 1. The van der Waals surface area contributed by atoms with E-state index in [1.165, 1.54) is 6.26 Å². The minimum atomic E-state index is -0.340. The van der Waals surface area contributed by atoms with E-state index in [0.717, 1.165) is 0 Å². The largest absolute Gasteiger partial charge is 0.469 e. The lowest BCUT2D eigenvalue weighted by Gasteiger charge is -2.00. The lowest BCUT2D eigenvalue weighted by atomic mass is 10.1. The third-order valence-electron chi connectivity index (χ3n) is 1.45. The first-order chi connectivity index (χ1) is 5.20. The smallest absolute Gasteiger partial charge is 0.213 e. The topological polar surface area (TPSA) is 56.3 Å². The van der Waals surface area contributed by atoms with Crippen molar-refractivity contribution in [2.75, 3.05) is 6.54 Å². The maximum absolute atomic E-state index is 10.1. The van der Waals surface area contributed by atoms with Crippen molar-refractivity contribution in [1.82, 2.24) is 0 Å². The Morgan fingerprint density at radius 1 is 1.82 bits per heavy atom. The minimum Gasteiger partial charge on any atom is -0.469 e. The molecule has 0 amide bonds. The summed E-state index contributed by atoms with van der Waals surface area (Å²) in [5, 5.41) is 10.1. The van der Waals surface area contributed by atoms with Crippen molar-refractivity contribution in [3.05, 3.63) is 34.3 Å². The summed E-state index contributed by atoms with van der Waals surface area (Å²) in [6, 6.07) is 3.47. The molecule has 4 heteroatoms. The quantitative estimate of drug-likeness (QED) is 0.492. The molecule has 60 valence electrons. The summed E-state index contributed by atoms with van der Waals surface area (Å²) in [7, 11) is 0. The van der Waals surface area contributed by atoms with Crippen LogP contribution in [0.2, 0.25) is 0 Å². The Bertz CT molecular complexity index is 230. The van der Waals surface area contributed by atoms with Gasteiger partial charge in [-0.15, -0.1) is 0 Å². The van der Waals surface area contributed by atoms with Crippen LogP contribution in [-0.4, -0.2) is 11.5 Å². The van der Waals surface area contributed by atoms with Gasteiger partial charge in [-0.25, -0.2) is 0 Å². The zero-order valence-electron chi connectivity index (χ0n) is 6.19. The third kappa shape index (κ3) is 2.07. The average Bonchev–Trinajstić information content (AvgIpc) is 2.35. The standard InChI is InChI=1S/C7H9NO3/c1-6(5-8(9)10)7-3-2-4-11-7/h2-4,6H,5H2,1H3/t6-/m0/s1. The van der Waals surface area contributed by atoms with Gasteiger partial charge in [0.15, 0.2) is 0 Å². The lowest BCUT2D eigenvalue weighted by Crippen LogP contribution is -2.08. The fourth-order valence-electron chi connectivity index (χ4n) is 0.885. The highest BCUT2D eigenvalue weighted by atomic mass is 16.6. The van der Waals surface area contributed by atoms with E-state index < -0.39 is 0 Å². The van der Waals surface area contributed by atoms with Crippen LogP contribution in [0.3, 0.4) is 0 Å². The maximum Gasteiger partial charge on any atom is 0.213 e. The van der Waals surface area contributed by atoms with Crippen molar-refractivity contribution in [3.63, 3.8) is 0 Å². The summed E-state index contributed by atoms with van der Waals surface area (Å²) in [6.07, 6.45) is 1.52. The summed E-state index contributed by atoms with van der Waals surface area (Å²) < 4.78 is 4.99. The Balaban J connectivity index is 2.56. The lowest BCUT2D eigenvalue weighted by molar-refractivity contribution is -0.483. The van der Waals surface area contributed by atoms with E-state index >= 15 is 0 Å². The molecule has 0 fully saturated rings. The molecule has 1 rings (SSSR count). The minimum absolute atomic E-state index is 0.0759. The first-order valence-corrected chi connectivity index (χ1v) is 3.35. The average molecular weight is 155 g/mol. The first kappa shape index (κ1) is 7.78. The summed E-state index contributed by atoms with van der Waals surface area (Å²) in [5.74, 6) is 0.529. The molecule has 0 aliphatic heterocycles. The van der Waals surface area contributed by atoms with Crippen LogP contribution in [0.5, 0.6) is 0 Å². The number of hydrogen-bond donors (Lipinski definition) is 0. The molecule has 1 aromatic rings. The molecule has 11 heavy (non-hydrogen) atoms. The molecule has 0 radical (unpaired) electrons. The van der Waals surface area contributed by atoms with E-state index in [1.807, 2.05) is 0 Å². The van der Waals surface area contributed by atoms with Gasteiger partial charge in [-0.3, -0.25) is 10.1 Å². The summed E-state index contributed by atoms with van der Waals surface area (Å²) in [5.41, 5.74) is 0. The fraction of sp³-hybridized carbons (Fsp3) is 0.429. The zero-order valence-corrected chi connectivity index (χ0v) is 6.19. The maximum atomic E-state index is 10.1. The monoisotopic (exact) mass is 155 g/mol. The van der Waals surface area contributed by atoms with Crippen LogP contribution in [0.15, 0.2) is 22.8 Å². The second kappa shape index (κ2) is 3.18. The predicted molar refractivity (Wildman–Crippen MR) is 39.0 cm³/mol. The molecule has 0 aliphatic carbocycles. The fourth-order valence-corrected chi connectivity index (χ4v) is 0.885. The SMILES string of the molecule is C[C@@H](C[N+](=O)[O-])c1ccco1. The molecular formula is C7H9NO3. The molecule has 0 saturated carbocycles. The second-order valence-electron chi connectivity index (χ2n) is 2.43. The molecule has 0 spiro atoms. The van der Waals surface area contributed by atoms with Crippen LogP contribution in [0.4, 0.5) is 0 Å². The Kier molecular flexibility index (Phi) is 2.25. The van der Waals surface area contributed by atoms with E-state index in [2.05, 4.69) is 0 Å². The Labute approximate surface area is 64.0 Å². The molecular weight excluding hydrogens is 146 g/mol. The summed E-state index contributed by atoms with van der Waals surface area (Å²) >= 11 is 0. The van der Waals surface area contributed by atoms with Gasteiger partial charge >= 0.3 is 0 Å². The Morgan fingerprint density at radius 3 is 3.00 bits per heavy atom. The Hall–Kier alpha value is -1.32. The van der Waals surface area contributed by atoms with Gasteiger partial charge in [0.05, 0.1) is 12.2 Å². The second-order valence-corrected chi connectivity index (χ2v) is 2.43. The summed E-state index contributed by atoms with van der Waals surface area (Å²) in [4.78, 5) is 9.73. The molecule has 0 aliphatic rings. The number of rotatable bonds is 3. The van der Waals surface area contributed by atoms with Crippen molar-refractivity contribution >= 4 is 0 Å². The normalized spacial score (nSPS) is 12.8. The van der Waals surface area contributed by atoms with Crippen LogP contribution in [-0.2, 0) is 0 Å². The van der Waals surface area contributed by atoms with Gasteiger partial charge < -0.3 is 4.42 Å². The van der Waals surface area contributed by atoms with E-state index in [0.29, 0.717) is 5.76 Å². The van der Waals surface area contributed by atoms with Crippen molar-refractivity contribution in [3.8, 4) is 0 Å². The van der Waals surface area contributed by atoms with Crippen molar-refractivity contribution in [2.45, 2.75) is 12.8 Å². The van der Waals surface area contributed by atoms with Gasteiger partial charge in [0.25, 0.3) is 0 Å². The number of nitrogens with zero attached hydrogens (tertiary/aromatic N) is 1. The van der Waals surface area contributed by atoms with Crippen LogP contribution in [0, 0.1) is 10.1 Å². The van der Waals surface area contributed by atoms with Gasteiger partial charge in [0, 0.05) is 4.92 Å². The molecule has 4 nitrogen and oxygen atoms in total. The highest BCUT2D eigenvalue weighted by molar-refractivity contribution is 5.03. The van der Waals surface area contributed by atoms with Gasteiger partial charge in [-0.1, -0.05) is 0 Å². The number of hydrogen-bond acceptors (Lipinski definition) is 3. The van der Waals surface area contributed by atoms with Crippen LogP contribution in [0.1, 0.15) is 18.6 Å². The number of furan rings is 1. The molecule has 0 saturated heterocycles. The highest BCUT2D eigenvalue weighted by Crippen LogP contribution is 2.14. The third-order valence-corrected chi connectivity index (χ3v) is 1.45. The van der Waals surface area contributed by atoms with Crippen molar-refractivity contribution < 1.29 is 9.34 Å². The zero-order chi connectivity index (χ0) is 8.27. The van der Waals surface area contributed by atoms with E-state index in [1.54, 1.807) is 19.1 Å². The van der Waals surface area contributed by atoms with Crippen molar-refractivity contribution in [1.29, 1.82) is 0 Å².